The summed E-state index contributed by atoms with van der Waals surface area (Å²) < 4.78 is 4.99. The monoisotopic (exact) mass is 242 g/mol. The van der Waals surface area contributed by atoms with Crippen molar-refractivity contribution >= 4 is 5.91 Å². The predicted molar refractivity (Wildman–Crippen MR) is 68.6 cm³/mol. The number of carbonyl (C=O) groups is 1. The van der Waals surface area contributed by atoms with Gasteiger partial charge in [-0.15, -0.1) is 0 Å². The van der Waals surface area contributed by atoms with Crippen LogP contribution in [0.15, 0.2) is 0 Å². The fourth-order valence-corrected chi connectivity index (χ4v) is 2.76. The summed E-state index contributed by atoms with van der Waals surface area (Å²) in [6, 6.07) is -0.0986. The first-order chi connectivity index (χ1) is 7.88. The summed E-state index contributed by atoms with van der Waals surface area (Å²) in [7, 11) is 3.47. The molecule has 1 aliphatic carbocycles. The molecule has 2 N–H and O–H groups in total. The molecule has 1 rings (SSSR count). The minimum atomic E-state index is -0.0986. The highest BCUT2D eigenvalue weighted by molar-refractivity contribution is 5.79. The molecule has 1 saturated carbocycles. The van der Waals surface area contributed by atoms with Crippen molar-refractivity contribution in [2.45, 2.75) is 39.2 Å². The summed E-state index contributed by atoms with van der Waals surface area (Å²) in [4.78, 5) is 14.1. The van der Waals surface area contributed by atoms with Gasteiger partial charge in [0.1, 0.15) is 0 Å². The molecular formula is C13H26N2O2. The third kappa shape index (κ3) is 3.68. The normalized spacial score (nSPS) is 24.6. The molecule has 0 aromatic carbocycles. The van der Waals surface area contributed by atoms with Crippen LogP contribution in [0.1, 0.15) is 33.1 Å². The van der Waals surface area contributed by atoms with Gasteiger partial charge in [0.2, 0.25) is 5.91 Å². The molecule has 4 heteroatoms. The van der Waals surface area contributed by atoms with Crippen LogP contribution in [0.4, 0.5) is 0 Å². The second-order valence-electron chi connectivity index (χ2n) is 5.87. The van der Waals surface area contributed by atoms with Gasteiger partial charge in [-0.1, -0.05) is 20.3 Å². The van der Waals surface area contributed by atoms with Crippen LogP contribution < -0.4 is 5.73 Å². The van der Waals surface area contributed by atoms with Crippen LogP contribution in [0.2, 0.25) is 0 Å². The molecule has 2 atom stereocenters. The Bertz CT molecular complexity index is 266. The van der Waals surface area contributed by atoms with Crippen molar-refractivity contribution in [1.29, 1.82) is 0 Å². The number of nitrogens with zero attached hydrogens (tertiary/aromatic N) is 1. The van der Waals surface area contributed by atoms with Gasteiger partial charge in [0.15, 0.2) is 0 Å². The van der Waals surface area contributed by atoms with Crippen LogP contribution in [0.3, 0.4) is 0 Å². The second-order valence-corrected chi connectivity index (χ2v) is 5.87. The molecule has 0 heterocycles. The van der Waals surface area contributed by atoms with Crippen LogP contribution in [0.25, 0.3) is 0 Å². The van der Waals surface area contributed by atoms with E-state index in [2.05, 4.69) is 13.8 Å². The lowest BCUT2D eigenvalue weighted by Crippen LogP contribution is -2.45. The molecule has 0 saturated heterocycles. The summed E-state index contributed by atoms with van der Waals surface area (Å²) >= 11 is 0. The molecule has 4 nitrogen and oxygen atoms in total. The Morgan fingerprint density at radius 2 is 2.24 bits per heavy atom. The number of hydrogen-bond acceptors (Lipinski definition) is 3. The maximum atomic E-state index is 12.3. The Balaban J connectivity index is 2.52. The second kappa shape index (κ2) is 5.83. The van der Waals surface area contributed by atoms with E-state index in [1.165, 1.54) is 0 Å². The highest BCUT2D eigenvalue weighted by atomic mass is 16.5. The van der Waals surface area contributed by atoms with Gasteiger partial charge in [0.25, 0.3) is 0 Å². The molecule has 1 amide bonds. The maximum Gasteiger partial charge on any atom is 0.226 e. The first-order valence-corrected chi connectivity index (χ1v) is 6.38. The fourth-order valence-electron chi connectivity index (χ4n) is 2.76. The minimum absolute atomic E-state index is 0.0986. The highest BCUT2D eigenvalue weighted by Crippen LogP contribution is 2.43. The lowest BCUT2D eigenvalue weighted by Gasteiger charge is -2.31. The van der Waals surface area contributed by atoms with E-state index in [0.29, 0.717) is 13.2 Å². The molecule has 2 unspecified atom stereocenters. The molecule has 0 aliphatic heterocycles. The van der Waals surface area contributed by atoms with E-state index >= 15 is 0 Å². The van der Waals surface area contributed by atoms with Crippen molar-refractivity contribution in [2.75, 3.05) is 27.3 Å². The Hall–Kier alpha value is -0.610. The summed E-state index contributed by atoms with van der Waals surface area (Å²) in [6.07, 6.45) is 3.30. The average Bonchev–Trinajstić information content (AvgIpc) is 2.57. The van der Waals surface area contributed by atoms with Gasteiger partial charge in [-0.3, -0.25) is 4.79 Å². The van der Waals surface area contributed by atoms with Gasteiger partial charge in [-0.25, -0.2) is 0 Å². The van der Waals surface area contributed by atoms with Crippen LogP contribution in [0.5, 0.6) is 0 Å². The average molecular weight is 242 g/mol. The van der Waals surface area contributed by atoms with Crippen molar-refractivity contribution in [3.63, 3.8) is 0 Å². The lowest BCUT2D eigenvalue weighted by molar-refractivity contribution is -0.137. The van der Waals surface area contributed by atoms with Crippen molar-refractivity contribution in [2.24, 2.45) is 17.1 Å². The zero-order valence-electron chi connectivity index (χ0n) is 11.5. The number of amides is 1. The summed E-state index contributed by atoms with van der Waals surface area (Å²) in [5, 5.41) is 0. The van der Waals surface area contributed by atoms with E-state index in [-0.39, 0.29) is 23.3 Å². The Morgan fingerprint density at radius 1 is 1.59 bits per heavy atom. The van der Waals surface area contributed by atoms with Gasteiger partial charge in [0.05, 0.1) is 6.61 Å². The number of nitrogens with two attached hydrogens (primary N) is 1. The van der Waals surface area contributed by atoms with E-state index < -0.39 is 0 Å². The number of methoxy groups -OCH3 is 1. The minimum Gasteiger partial charge on any atom is -0.383 e. The zero-order chi connectivity index (χ0) is 13.1. The van der Waals surface area contributed by atoms with Crippen LogP contribution in [-0.2, 0) is 9.53 Å². The van der Waals surface area contributed by atoms with Gasteiger partial charge >= 0.3 is 0 Å². The Morgan fingerprint density at radius 3 is 2.71 bits per heavy atom. The third-order valence-electron chi connectivity index (χ3n) is 3.82. The number of hydrogen-bond donors (Lipinski definition) is 1. The van der Waals surface area contributed by atoms with E-state index in [4.69, 9.17) is 10.5 Å². The predicted octanol–water partition coefficient (Wildman–Crippen LogP) is 1.24. The van der Waals surface area contributed by atoms with Crippen LogP contribution >= 0.6 is 0 Å². The molecule has 0 bridgehead atoms. The molecule has 17 heavy (non-hydrogen) atoms. The molecule has 1 aliphatic rings. The van der Waals surface area contributed by atoms with Crippen LogP contribution in [-0.4, -0.2) is 44.2 Å². The maximum absolute atomic E-state index is 12.3. The molecule has 0 spiro atoms. The smallest absolute Gasteiger partial charge is 0.226 e. The Labute approximate surface area is 104 Å². The fraction of sp³-hybridized carbons (Fsp3) is 0.923. The van der Waals surface area contributed by atoms with Crippen LogP contribution in [0, 0.1) is 11.3 Å². The Kier molecular flexibility index (Phi) is 4.95. The molecule has 0 aromatic rings. The lowest BCUT2D eigenvalue weighted by atomic mass is 9.81. The highest BCUT2D eigenvalue weighted by Gasteiger charge is 2.40. The van der Waals surface area contributed by atoms with Crippen molar-refractivity contribution in [3.05, 3.63) is 0 Å². The topological polar surface area (TPSA) is 55.6 Å². The largest absolute Gasteiger partial charge is 0.383 e. The molecule has 0 radical (unpaired) electrons. The summed E-state index contributed by atoms with van der Waals surface area (Å²) in [5.74, 6) is 0.390. The van der Waals surface area contributed by atoms with Crippen molar-refractivity contribution in [3.8, 4) is 0 Å². The summed E-state index contributed by atoms with van der Waals surface area (Å²) in [5.41, 5.74) is 6.01. The number of likely N-dealkylation sites (N-methyl/N-ethyl adjacent to an activating group) is 1. The van der Waals surface area contributed by atoms with Gasteiger partial charge in [-0.2, -0.15) is 0 Å². The van der Waals surface area contributed by atoms with E-state index in [1.807, 2.05) is 7.05 Å². The van der Waals surface area contributed by atoms with E-state index in [0.717, 1.165) is 19.3 Å². The summed E-state index contributed by atoms with van der Waals surface area (Å²) in [6.45, 7) is 5.43. The number of rotatable bonds is 5. The van der Waals surface area contributed by atoms with Crippen molar-refractivity contribution in [1.82, 2.24) is 4.90 Å². The standard InChI is InChI=1S/C13H26N2O2/c1-13(2)7-5-6-11(13)12(16)15(3)8-10(14)9-17-4/h10-11H,5-9,14H2,1-4H3. The molecular weight excluding hydrogens is 216 g/mol. The third-order valence-corrected chi connectivity index (χ3v) is 3.82. The zero-order valence-corrected chi connectivity index (χ0v) is 11.5. The van der Waals surface area contributed by atoms with E-state index in [1.54, 1.807) is 12.0 Å². The number of ether oxygens (including phenoxy) is 1. The van der Waals surface area contributed by atoms with Gasteiger partial charge < -0.3 is 15.4 Å². The van der Waals surface area contributed by atoms with Gasteiger partial charge in [0, 0.05) is 32.7 Å². The number of carbonyl (C=O) groups excluding carboxylic acids is 1. The quantitative estimate of drug-likeness (QED) is 0.789. The first kappa shape index (κ1) is 14.5. The first-order valence-electron chi connectivity index (χ1n) is 6.38. The van der Waals surface area contributed by atoms with Gasteiger partial charge in [-0.05, 0) is 18.3 Å². The molecule has 0 aromatic heterocycles. The SMILES string of the molecule is COCC(N)CN(C)C(=O)C1CCCC1(C)C. The molecule has 1 fully saturated rings. The van der Waals surface area contributed by atoms with Crippen molar-refractivity contribution < 1.29 is 9.53 Å². The van der Waals surface area contributed by atoms with E-state index in [9.17, 15) is 4.79 Å². The molecule has 100 valence electrons.